The molecule has 0 heterocycles. The molecule has 0 bridgehead atoms. The fraction of sp³-hybridized carbons (Fsp3) is 0.143. The summed E-state index contributed by atoms with van der Waals surface area (Å²) in [7, 11) is -4.53. The molecule has 0 aliphatic heterocycles. The van der Waals surface area contributed by atoms with Gasteiger partial charge in [-0.3, -0.25) is 0 Å². The van der Waals surface area contributed by atoms with Crippen LogP contribution in [-0.2, 0) is 10.1 Å². The average molecular weight is 260 g/mol. The minimum absolute atomic E-state index is 0. The van der Waals surface area contributed by atoms with Crippen molar-refractivity contribution in [1.29, 1.82) is 0 Å². The smallest absolute Gasteiger partial charge is 0.744 e. The number of halogens is 1. The zero-order chi connectivity index (χ0) is 10.2. The van der Waals surface area contributed by atoms with Crippen LogP contribution in [0.2, 0.25) is 5.02 Å². The summed E-state index contributed by atoms with van der Waals surface area (Å²) in [6.07, 6.45) is 0. The van der Waals surface area contributed by atoms with Gasteiger partial charge in [0.1, 0.15) is 10.1 Å². The van der Waals surface area contributed by atoms with Gasteiger partial charge >= 0.3 is 51.4 Å². The van der Waals surface area contributed by atoms with E-state index in [0.717, 1.165) is 6.07 Å². The molecule has 72 valence electrons. The Morgan fingerprint density at radius 2 is 1.93 bits per heavy atom. The molecule has 0 aliphatic carbocycles. The van der Waals surface area contributed by atoms with Crippen LogP contribution in [0.5, 0.6) is 0 Å². The first-order valence-electron chi connectivity index (χ1n) is 3.34. The van der Waals surface area contributed by atoms with E-state index >= 15 is 0 Å². The molecular weight excluding hydrogens is 253 g/mol. The normalized spacial score (nSPS) is 10.8. The van der Waals surface area contributed by atoms with Gasteiger partial charge < -0.3 is 10.3 Å². The van der Waals surface area contributed by atoms with Crippen LogP contribution < -0.4 is 57.1 Å². The topological polar surface area (TPSA) is 83.2 Å². The molecule has 7 heteroatoms. The Labute approximate surface area is 130 Å². The summed E-state index contributed by atoms with van der Waals surface area (Å²) >= 11 is 5.63. The van der Waals surface area contributed by atoms with Crippen molar-refractivity contribution in [1.82, 2.24) is 0 Å². The van der Waals surface area contributed by atoms with E-state index in [2.05, 4.69) is 0 Å². The summed E-state index contributed by atoms with van der Waals surface area (Å²) < 4.78 is 31.9. The zero-order valence-corrected chi connectivity index (χ0v) is 12.4. The van der Waals surface area contributed by atoms with E-state index in [4.69, 9.17) is 17.3 Å². The molecule has 0 aromatic heterocycles. The SMILES string of the molecule is Cc1cc(N)c(S(=O)(=O)[O-])cc1Cl.[K+]. The fourth-order valence-electron chi connectivity index (χ4n) is 0.902. The largest absolute Gasteiger partial charge is 1.00 e. The third-order valence-corrected chi connectivity index (χ3v) is 2.86. The first-order valence-corrected chi connectivity index (χ1v) is 5.12. The van der Waals surface area contributed by atoms with Crippen LogP contribution in [0.15, 0.2) is 17.0 Å². The number of anilines is 1. The van der Waals surface area contributed by atoms with Gasteiger partial charge in [0.2, 0.25) is 0 Å². The summed E-state index contributed by atoms with van der Waals surface area (Å²) in [5.74, 6) is 0. The van der Waals surface area contributed by atoms with Gasteiger partial charge in [0.25, 0.3) is 0 Å². The minimum Gasteiger partial charge on any atom is -0.744 e. The van der Waals surface area contributed by atoms with Crippen LogP contribution in [0, 0.1) is 6.92 Å². The third kappa shape index (κ3) is 3.46. The second-order valence-corrected chi connectivity index (χ2v) is 4.35. The molecule has 2 N–H and O–H groups in total. The number of nitrogen functional groups attached to an aromatic ring is 1. The van der Waals surface area contributed by atoms with Crippen molar-refractivity contribution in [3.63, 3.8) is 0 Å². The van der Waals surface area contributed by atoms with Crippen molar-refractivity contribution in [3.05, 3.63) is 22.7 Å². The summed E-state index contributed by atoms with van der Waals surface area (Å²) in [6, 6.07) is 2.42. The molecule has 0 amide bonds. The molecule has 1 aromatic carbocycles. The molecule has 0 aliphatic rings. The summed E-state index contributed by atoms with van der Waals surface area (Å²) in [5.41, 5.74) is 5.90. The molecule has 0 radical (unpaired) electrons. The van der Waals surface area contributed by atoms with Crippen molar-refractivity contribution in [3.8, 4) is 0 Å². The van der Waals surface area contributed by atoms with Gasteiger partial charge in [-0.1, -0.05) is 11.6 Å². The van der Waals surface area contributed by atoms with Crippen LogP contribution in [-0.4, -0.2) is 13.0 Å². The maximum atomic E-state index is 10.6. The Hall–Kier alpha value is 0.856. The second-order valence-electron chi connectivity index (χ2n) is 2.59. The summed E-state index contributed by atoms with van der Waals surface area (Å²) in [4.78, 5) is -0.469. The average Bonchev–Trinajstić information content (AvgIpc) is 1.94. The van der Waals surface area contributed by atoms with Gasteiger partial charge in [-0.05, 0) is 24.6 Å². The predicted molar refractivity (Wildman–Crippen MR) is 48.6 cm³/mol. The van der Waals surface area contributed by atoms with E-state index in [0.29, 0.717) is 5.56 Å². The van der Waals surface area contributed by atoms with E-state index in [1.165, 1.54) is 6.07 Å². The maximum Gasteiger partial charge on any atom is 1.00 e. The van der Waals surface area contributed by atoms with E-state index in [1.807, 2.05) is 0 Å². The molecule has 14 heavy (non-hydrogen) atoms. The molecule has 0 fully saturated rings. The van der Waals surface area contributed by atoms with Crippen molar-refractivity contribution in [2.24, 2.45) is 0 Å². The van der Waals surface area contributed by atoms with Crippen molar-refractivity contribution >= 4 is 27.4 Å². The fourth-order valence-corrected chi connectivity index (χ4v) is 1.74. The maximum absolute atomic E-state index is 10.6. The monoisotopic (exact) mass is 259 g/mol. The first-order chi connectivity index (χ1) is 5.82. The van der Waals surface area contributed by atoms with E-state index in [-0.39, 0.29) is 62.1 Å². The van der Waals surface area contributed by atoms with E-state index in [9.17, 15) is 13.0 Å². The first kappa shape index (κ1) is 14.9. The number of nitrogens with two attached hydrogens (primary N) is 1. The van der Waals surface area contributed by atoms with Crippen LogP contribution in [0.1, 0.15) is 5.56 Å². The molecule has 4 nitrogen and oxygen atoms in total. The number of rotatable bonds is 1. The summed E-state index contributed by atoms with van der Waals surface area (Å²) in [5, 5.41) is 0.212. The van der Waals surface area contributed by atoms with Gasteiger partial charge in [0.05, 0.1) is 4.90 Å². The number of aryl methyl sites for hydroxylation is 1. The van der Waals surface area contributed by atoms with Crippen LogP contribution in [0.4, 0.5) is 5.69 Å². The van der Waals surface area contributed by atoms with E-state index in [1.54, 1.807) is 6.92 Å². The minimum atomic E-state index is -4.53. The van der Waals surface area contributed by atoms with Crippen LogP contribution >= 0.6 is 11.6 Å². The quantitative estimate of drug-likeness (QED) is 0.364. The standard InChI is InChI=1S/C7H8ClNO3S.K/c1-4-2-6(9)7(3-5(4)8)13(10,11)12;/h2-3H,9H2,1H3,(H,10,11,12);/q;+1/p-1. The number of benzene rings is 1. The van der Waals surface area contributed by atoms with Crippen LogP contribution in [0.3, 0.4) is 0 Å². The van der Waals surface area contributed by atoms with Gasteiger partial charge in [-0.25, -0.2) is 8.42 Å². The molecular formula is C7H7ClKNO3S. The molecule has 0 saturated carbocycles. The van der Waals surface area contributed by atoms with Gasteiger partial charge in [0.15, 0.2) is 0 Å². The van der Waals surface area contributed by atoms with Gasteiger partial charge in [-0.2, -0.15) is 0 Å². The number of hydrogen-bond donors (Lipinski definition) is 1. The molecule has 0 saturated heterocycles. The van der Waals surface area contributed by atoms with Gasteiger partial charge in [0, 0.05) is 10.7 Å². The van der Waals surface area contributed by atoms with Crippen molar-refractivity contribution < 1.29 is 64.4 Å². The Kier molecular flexibility index (Phi) is 5.59. The molecule has 1 aromatic rings. The van der Waals surface area contributed by atoms with Crippen molar-refractivity contribution in [2.45, 2.75) is 11.8 Å². The second kappa shape index (κ2) is 5.27. The Bertz CT molecular complexity index is 446. The zero-order valence-electron chi connectivity index (χ0n) is 7.74. The Morgan fingerprint density at radius 1 is 1.43 bits per heavy atom. The molecule has 0 atom stereocenters. The molecule has 0 unspecified atom stereocenters. The third-order valence-electron chi connectivity index (χ3n) is 1.56. The van der Waals surface area contributed by atoms with Gasteiger partial charge in [-0.15, -0.1) is 0 Å². The Morgan fingerprint density at radius 3 is 2.36 bits per heavy atom. The van der Waals surface area contributed by atoms with Crippen LogP contribution in [0.25, 0.3) is 0 Å². The van der Waals surface area contributed by atoms with Crippen molar-refractivity contribution in [2.75, 3.05) is 5.73 Å². The molecule has 1 rings (SSSR count). The van der Waals surface area contributed by atoms with E-state index < -0.39 is 15.0 Å². The Balaban J connectivity index is 0.00000169. The molecule has 0 spiro atoms. The predicted octanol–water partition coefficient (Wildman–Crippen LogP) is -1.86. The summed E-state index contributed by atoms with van der Waals surface area (Å²) in [6.45, 7) is 1.67. The number of hydrogen-bond acceptors (Lipinski definition) is 4.